The first-order chi connectivity index (χ1) is 10.5. The number of carbonyl (C=O) groups excluding carboxylic acids is 1. The number of aromatic carboxylic acids is 1. The molecule has 5 heteroatoms. The Morgan fingerprint density at radius 2 is 1.77 bits per heavy atom. The van der Waals surface area contributed by atoms with Gasteiger partial charge in [-0.3, -0.25) is 4.79 Å². The second-order valence-corrected chi connectivity index (χ2v) is 4.72. The summed E-state index contributed by atoms with van der Waals surface area (Å²) in [6.45, 7) is 1.80. The van der Waals surface area contributed by atoms with E-state index in [1.807, 2.05) is 30.3 Å². The first kappa shape index (κ1) is 15.3. The Morgan fingerprint density at radius 3 is 2.41 bits per heavy atom. The number of phenols is 1. The highest BCUT2D eigenvalue weighted by Gasteiger charge is 2.12. The summed E-state index contributed by atoms with van der Waals surface area (Å²) >= 11 is 0. The molecule has 0 aliphatic rings. The fourth-order valence-electron chi connectivity index (χ4n) is 1.97. The molecule has 0 saturated heterocycles. The lowest BCUT2D eigenvalue weighted by atomic mass is 10.1. The molecular weight excluding hydrogens is 282 g/mol. The summed E-state index contributed by atoms with van der Waals surface area (Å²) in [5.74, 6) is -1.84. The van der Waals surface area contributed by atoms with Gasteiger partial charge in [0.15, 0.2) is 0 Å². The molecule has 2 aromatic carbocycles. The molecule has 0 aromatic heterocycles. The second kappa shape index (κ2) is 6.58. The van der Waals surface area contributed by atoms with E-state index in [-0.39, 0.29) is 17.0 Å². The van der Waals surface area contributed by atoms with Gasteiger partial charge in [0.1, 0.15) is 5.75 Å². The molecule has 0 aliphatic heterocycles. The monoisotopic (exact) mass is 297 g/mol. The molecule has 0 radical (unpaired) electrons. The molecule has 0 heterocycles. The van der Waals surface area contributed by atoms with Crippen LogP contribution in [0.15, 0.2) is 54.6 Å². The summed E-state index contributed by atoms with van der Waals surface area (Å²) in [4.78, 5) is 23.1. The fraction of sp³-hybridized carbons (Fsp3) is 0.0588. The lowest BCUT2D eigenvalue weighted by molar-refractivity contribution is -0.111. The Morgan fingerprint density at radius 1 is 1.09 bits per heavy atom. The quantitative estimate of drug-likeness (QED) is 0.597. The lowest BCUT2D eigenvalue weighted by Gasteiger charge is -2.08. The Balaban J connectivity index is 2.21. The van der Waals surface area contributed by atoms with Crippen LogP contribution in [-0.2, 0) is 4.79 Å². The van der Waals surface area contributed by atoms with Crippen LogP contribution in [0.1, 0.15) is 22.8 Å². The van der Waals surface area contributed by atoms with E-state index in [9.17, 15) is 14.7 Å². The van der Waals surface area contributed by atoms with Gasteiger partial charge in [0.25, 0.3) is 0 Å². The topological polar surface area (TPSA) is 86.6 Å². The maximum Gasteiger partial charge on any atom is 0.337 e. The van der Waals surface area contributed by atoms with Gasteiger partial charge >= 0.3 is 5.97 Å². The molecule has 0 fully saturated rings. The molecule has 0 unspecified atom stereocenters. The summed E-state index contributed by atoms with van der Waals surface area (Å²) in [5, 5.41) is 20.9. The summed E-state index contributed by atoms with van der Waals surface area (Å²) in [6, 6.07) is 13.1. The highest BCUT2D eigenvalue weighted by Crippen LogP contribution is 2.22. The molecule has 2 aromatic rings. The minimum atomic E-state index is -1.23. The van der Waals surface area contributed by atoms with Crippen LogP contribution in [0.5, 0.6) is 5.75 Å². The van der Waals surface area contributed by atoms with E-state index in [1.54, 1.807) is 6.92 Å². The Kier molecular flexibility index (Phi) is 4.58. The number of rotatable bonds is 4. The predicted octanol–water partition coefficient (Wildman–Crippen LogP) is 3.13. The van der Waals surface area contributed by atoms with E-state index < -0.39 is 11.9 Å². The average molecular weight is 297 g/mol. The fourth-order valence-corrected chi connectivity index (χ4v) is 1.97. The molecule has 0 saturated carbocycles. The van der Waals surface area contributed by atoms with E-state index in [2.05, 4.69) is 5.32 Å². The molecule has 5 nitrogen and oxygen atoms in total. The molecular formula is C17H15NO4. The minimum Gasteiger partial charge on any atom is -0.508 e. The number of allylic oxidation sites excluding steroid dienone is 1. The molecule has 3 N–H and O–H groups in total. The van der Waals surface area contributed by atoms with E-state index in [1.165, 1.54) is 18.2 Å². The average Bonchev–Trinajstić information content (AvgIpc) is 2.49. The van der Waals surface area contributed by atoms with Crippen LogP contribution in [-0.4, -0.2) is 22.1 Å². The minimum absolute atomic E-state index is 0.132. The van der Waals surface area contributed by atoms with Gasteiger partial charge in [0.2, 0.25) is 5.91 Å². The maximum absolute atomic E-state index is 12.0. The zero-order valence-electron chi connectivity index (χ0n) is 11.9. The number of nitrogens with one attached hydrogen (secondary N) is 1. The van der Waals surface area contributed by atoms with Crippen LogP contribution in [0, 0.1) is 0 Å². The molecule has 1 amide bonds. The number of carboxylic acid groups (broad SMARTS) is 1. The van der Waals surface area contributed by atoms with Crippen molar-refractivity contribution >= 4 is 23.1 Å². The largest absolute Gasteiger partial charge is 0.508 e. The highest BCUT2D eigenvalue weighted by atomic mass is 16.4. The van der Waals surface area contributed by atoms with E-state index >= 15 is 0 Å². The predicted molar refractivity (Wildman–Crippen MR) is 83.8 cm³/mol. The van der Waals surface area contributed by atoms with Gasteiger partial charge in [-0.2, -0.15) is 0 Å². The smallest absolute Gasteiger partial charge is 0.337 e. The SMILES string of the molecule is CC(=CC(=O)Nc1ccc(O)cc1C(=O)O)c1ccccc1. The number of carboxylic acids is 1. The summed E-state index contributed by atoms with van der Waals surface area (Å²) in [6.07, 6.45) is 1.40. The van der Waals surface area contributed by atoms with Gasteiger partial charge in [-0.05, 0) is 36.3 Å². The number of benzene rings is 2. The molecule has 2 rings (SSSR count). The molecule has 0 bridgehead atoms. The van der Waals surface area contributed by atoms with Crippen LogP contribution in [0.4, 0.5) is 5.69 Å². The number of hydrogen-bond acceptors (Lipinski definition) is 3. The molecule has 0 aliphatic carbocycles. The molecule has 22 heavy (non-hydrogen) atoms. The maximum atomic E-state index is 12.0. The van der Waals surface area contributed by atoms with E-state index in [0.29, 0.717) is 0 Å². The molecule has 0 atom stereocenters. The first-order valence-corrected chi connectivity index (χ1v) is 6.58. The van der Waals surface area contributed by atoms with Crippen molar-refractivity contribution in [3.8, 4) is 5.75 Å². The zero-order valence-corrected chi connectivity index (χ0v) is 11.9. The van der Waals surface area contributed by atoms with Crippen molar-refractivity contribution in [1.29, 1.82) is 0 Å². The number of phenolic OH excluding ortho intramolecular Hbond substituents is 1. The molecule has 0 spiro atoms. The van der Waals surface area contributed by atoms with Gasteiger partial charge in [0.05, 0.1) is 11.3 Å². The van der Waals surface area contributed by atoms with Crippen LogP contribution < -0.4 is 5.32 Å². The van der Waals surface area contributed by atoms with E-state index in [0.717, 1.165) is 17.2 Å². The third kappa shape index (κ3) is 3.73. The van der Waals surface area contributed by atoms with Crippen molar-refractivity contribution in [3.63, 3.8) is 0 Å². The van der Waals surface area contributed by atoms with Crippen LogP contribution in [0.25, 0.3) is 5.57 Å². The van der Waals surface area contributed by atoms with Crippen molar-refractivity contribution in [2.45, 2.75) is 6.92 Å². The molecule has 112 valence electrons. The van der Waals surface area contributed by atoms with Crippen molar-refractivity contribution in [1.82, 2.24) is 0 Å². The lowest BCUT2D eigenvalue weighted by Crippen LogP contribution is -2.12. The van der Waals surface area contributed by atoms with Gasteiger partial charge in [-0.15, -0.1) is 0 Å². The van der Waals surface area contributed by atoms with Crippen molar-refractivity contribution in [3.05, 3.63) is 65.7 Å². The second-order valence-electron chi connectivity index (χ2n) is 4.72. The standard InChI is InChI=1S/C17H15NO4/c1-11(12-5-3-2-4-6-12)9-16(20)18-15-8-7-13(19)10-14(15)17(21)22/h2-10,19H,1H3,(H,18,20)(H,21,22). The number of amides is 1. The Bertz CT molecular complexity index is 736. The van der Waals surface area contributed by atoms with E-state index in [4.69, 9.17) is 5.11 Å². The van der Waals surface area contributed by atoms with Crippen LogP contribution >= 0.6 is 0 Å². The number of hydrogen-bond donors (Lipinski definition) is 3. The van der Waals surface area contributed by atoms with Crippen molar-refractivity contribution in [2.24, 2.45) is 0 Å². The first-order valence-electron chi connectivity index (χ1n) is 6.58. The highest BCUT2D eigenvalue weighted by molar-refractivity contribution is 6.07. The van der Waals surface area contributed by atoms with Crippen molar-refractivity contribution < 1.29 is 19.8 Å². The summed E-state index contributed by atoms with van der Waals surface area (Å²) < 4.78 is 0. The Hall–Kier alpha value is -3.08. The van der Waals surface area contributed by atoms with Gasteiger partial charge in [-0.25, -0.2) is 4.79 Å². The Labute approximate surface area is 127 Å². The van der Waals surface area contributed by atoms with Crippen LogP contribution in [0.3, 0.4) is 0 Å². The number of aromatic hydroxyl groups is 1. The summed E-state index contributed by atoms with van der Waals surface area (Å²) in [5.41, 5.74) is 1.63. The number of anilines is 1. The summed E-state index contributed by atoms with van der Waals surface area (Å²) in [7, 11) is 0. The normalized spacial score (nSPS) is 11.0. The van der Waals surface area contributed by atoms with Crippen molar-refractivity contribution in [2.75, 3.05) is 5.32 Å². The van der Waals surface area contributed by atoms with Gasteiger partial charge in [-0.1, -0.05) is 30.3 Å². The van der Waals surface area contributed by atoms with Gasteiger partial charge in [0, 0.05) is 6.08 Å². The zero-order chi connectivity index (χ0) is 16.1. The van der Waals surface area contributed by atoms with Gasteiger partial charge < -0.3 is 15.5 Å². The van der Waals surface area contributed by atoms with Crippen LogP contribution in [0.2, 0.25) is 0 Å². The number of carbonyl (C=O) groups is 2. The third-order valence-corrected chi connectivity index (χ3v) is 3.07. The third-order valence-electron chi connectivity index (χ3n) is 3.07.